The molecule has 27 heavy (non-hydrogen) atoms. The van der Waals surface area contributed by atoms with Crippen molar-refractivity contribution in [2.45, 2.75) is 11.8 Å². The molecule has 0 heterocycles. The van der Waals surface area contributed by atoms with Crippen LogP contribution in [0.25, 0.3) is 0 Å². The maximum absolute atomic E-state index is 12.6. The van der Waals surface area contributed by atoms with Crippen molar-refractivity contribution in [3.05, 3.63) is 57.1 Å². The highest BCUT2D eigenvalue weighted by atomic mass is 35.5. The SMILES string of the molecule is CCNS(=O)(=O)c1ccc(OC)c(C(=O)Nc2cc([N+](=O)[O-])ccc2Cl)c1. The molecule has 0 aliphatic heterocycles. The second-order valence-electron chi connectivity index (χ2n) is 5.24. The average Bonchev–Trinajstić information content (AvgIpc) is 2.62. The van der Waals surface area contributed by atoms with Gasteiger partial charge in [-0.05, 0) is 24.3 Å². The smallest absolute Gasteiger partial charge is 0.271 e. The van der Waals surface area contributed by atoms with Crippen LogP contribution in [0, 0.1) is 10.1 Å². The van der Waals surface area contributed by atoms with Crippen molar-refractivity contribution < 1.29 is 22.9 Å². The van der Waals surface area contributed by atoms with Crippen molar-refractivity contribution in [1.29, 1.82) is 0 Å². The predicted molar refractivity (Wildman–Crippen MR) is 99.9 cm³/mol. The minimum absolute atomic E-state index is 0.0119. The fourth-order valence-electron chi connectivity index (χ4n) is 2.22. The molecule has 0 aromatic heterocycles. The third kappa shape index (κ3) is 4.73. The molecule has 2 aromatic carbocycles. The van der Waals surface area contributed by atoms with Gasteiger partial charge in [0.2, 0.25) is 10.0 Å². The van der Waals surface area contributed by atoms with E-state index >= 15 is 0 Å². The Morgan fingerprint density at radius 3 is 2.56 bits per heavy atom. The van der Waals surface area contributed by atoms with Crippen molar-refractivity contribution >= 4 is 38.9 Å². The number of carbonyl (C=O) groups is 1. The molecule has 0 atom stereocenters. The molecule has 0 radical (unpaired) electrons. The van der Waals surface area contributed by atoms with Gasteiger partial charge in [-0.15, -0.1) is 0 Å². The number of anilines is 1. The maximum atomic E-state index is 12.6. The number of carbonyl (C=O) groups excluding carboxylic acids is 1. The normalized spacial score (nSPS) is 11.1. The Bertz CT molecular complexity index is 994. The quantitative estimate of drug-likeness (QED) is 0.530. The van der Waals surface area contributed by atoms with E-state index in [2.05, 4.69) is 10.0 Å². The summed E-state index contributed by atoms with van der Waals surface area (Å²) in [6, 6.07) is 7.37. The number of nitro benzene ring substituents is 1. The molecule has 0 saturated heterocycles. The summed E-state index contributed by atoms with van der Waals surface area (Å²) in [7, 11) is -2.47. The number of hydrogen-bond acceptors (Lipinski definition) is 6. The van der Waals surface area contributed by atoms with E-state index in [4.69, 9.17) is 16.3 Å². The minimum Gasteiger partial charge on any atom is -0.496 e. The van der Waals surface area contributed by atoms with E-state index < -0.39 is 20.9 Å². The lowest BCUT2D eigenvalue weighted by atomic mass is 10.1. The summed E-state index contributed by atoms with van der Waals surface area (Å²) in [4.78, 5) is 22.8. The molecule has 0 aliphatic rings. The Hall–Kier alpha value is -2.69. The van der Waals surface area contributed by atoms with Crippen LogP contribution in [-0.2, 0) is 10.0 Å². The summed E-state index contributed by atoms with van der Waals surface area (Å²) in [5.74, 6) is -0.604. The average molecular weight is 414 g/mol. The van der Waals surface area contributed by atoms with E-state index in [1.165, 1.54) is 31.4 Å². The van der Waals surface area contributed by atoms with E-state index in [1.54, 1.807) is 6.92 Å². The van der Waals surface area contributed by atoms with Crippen LogP contribution in [0.2, 0.25) is 5.02 Å². The number of rotatable bonds is 7. The Labute approximate surface area is 160 Å². The van der Waals surface area contributed by atoms with Gasteiger partial charge in [-0.3, -0.25) is 14.9 Å². The van der Waals surface area contributed by atoms with E-state index in [9.17, 15) is 23.3 Å². The van der Waals surface area contributed by atoms with Gasteiger partial charge in [-0.2, -0.15) is 0 Å². The lowest BCUT2D eigenvalue weighted by Gasteiger charge is -2.12. The third-order valence-corrected chi connectivity index (χ3v) is 5.34. The maximum Gasteiger partial charge on any atom is 0.271 e. The van der Waals surface area contributed by atoms with Gasteiger partial charge in [0.1, 0.15) is 5.75 Å². The molecule has 0 saturated carbocycles. The van der Waals surface area contributed by atoms with Gasteiger partial charge in [-0.1, -0.05) is 18.5 Å². The highest BCUT2D eigenvalue weighted by molar-refractivity contribution is 7.89. The van der Waals surface area contributed by atoms with Crippen LogP contribution in [-0.4, -0.2) is 32.9 Å². The van der Waals surface area contributed by atoms with Gasteiger partial charge in [0.15, 0.2) is 0 Å². The zero-order chi connectivity index (χ0) is 20.2. The molecule has 0 fully saturated rings. The topological polar surface area (TPSA) is 128 Å². The van der Waals surface area contributed by atoms with Crippen LogP contribution in [0.4, 0.5) is 11.4 Å². The van der Waals surface area contributed by atoms with Gasteiger partial charge in [0.25, 0.3) is 11.6 Å². The minimum atomic E-state index is -3.79. The number of nitrogens with zero attached hydrogens (tertiary/aromatic N) is 1. The first-order valence-corrected chi connectivity index (χ1v) is 9.48. The lowest BCUT2D eigenvalue weighted by Crippen LogP contribution is -2.24. The predicted octanol–water partition coefficient (Wildman–Crippen LogP) is 2.81. The first kappa shape index (κ1) is 20.6. The Morgan fingerprint density at radius 2 is 1.96 bits per heavy atom. The first-order chi connectivity index (χ1) is 12.7. The second kappa shape index (κ2) is 8.33. The highest BCUT2D eigenvalue weighted by Crippen LogP contribution is 2.29. The van der Waals surface area contributed by atoms with E-state index in [0.717, 1.165) is 12.1 Å². The van der Waals surface area contributed by atoms with Crippen LogP contribution in [0.5, 0.6) is 5.75 Å². The van der Waals surface area contributed by atoms with Crippen molar-refractivity contribution in [3.8, 4) is 5.75 Å². The molecular formula is C16H16ClN3O6S. The third-order valence-electron chi connectivity index (χ3n) is 3.47. The highest BCUT2D eigenvalue weighted by Gasteiger charge is 2.20. The van der Waals surface area contributed by atoms with Crippen LogP contribution in [0.3, 0.4) is 0 Å². The fourth-order valence-corrected chi connectivity index (χ4v) is 3.45. The molecule has 2 rings (SSSR count). The summed E-state index contributed by atoms with van der Waals surface area (Å²) in [5, 5.41) is 13.4. The molecule has 0 unspecified atom stereocenters. The molecule has 0 aliphatic carbocycles. The van der Waals surface area contributed by atoms with Crippen LogP contribution in [0.1, 0.15) is 17.3 Å². The molecule has 2 aromatic rings. The first-order valence-electron chi connectivity index (χ1n) is 7.62. The summed E-state index contributed by atoms with van der Waals surface area (Å²) >= 11 is 5.98. The number of nitrogens with one attached hydrogen (secondary N) is 2. The van der Waals surface area contributed by atoms with Crippen LogP contribution in [0.15, 0.2) is 41.3 Å². The summed E-state index contributed by atoms with van der Waals surface area (Å²) < 4.78 is 31.7. The van der Waals surface area contributed by atoms with Crippen molar-refractivity contribution in [1.82, 2.24) is 4.72 Å². The molecule has 1 amide bonds. The summed E-state index contributed by atoms with van der Waals surface area (Å²) in [6.45, 7) is 1.80. The zero-order valence-electron chi connectivity index (χ0n) is 14.4. The number of benzene rings is 2. The van der Waals surface area contributed by atoms with E-state index in [-0.39, 0.29) is 39.2 Å². The Kier molecular flexibility index (Phi) is 6.37. The van der Waals surface area contributed by atoms with Crippen molar-refractivity contribution in [3.63, 3.8) is 0 Å². The number of sulfonamides is 1. The van der Waals surface area contributed by atoms with E-state index in [0.29, 0.717) is 0 Å². The number of hydrogen-bond donors (Lipinski definition) is 2. The summed E-state index contributed by atoms with van der Waals surface area (Å²) in [6.07, 6.45) is 0. The molecule has 144 valence electrons. The number of amides is 1. The molecule has 11 heteroatoms. The summed E-state index contributed by atoms with van der Waals surface area (Å²) in [5.41, 5.74) is -0.318. The zero-order valence-corrected chi connectivity index (χ0v) is 15.9. The lowest BCUT2D eigenvalue weighted by molar-refractivity contribution is -0.384. The Morgan fingerprint density at radius 1 is 1.26 bits per heavy atom. The van der Waals surface area contributed by atoms with Gasteiger partial charge in [-0.25, -0.2) is 13.1 Å². The number of ether oxygens (including phenoxy) is 1. The molecule has 0 spiro atoms. The van der Waals surface area contributed by atoms with Crippen molar-refractivity contribution in [2.75, 3.05) is 19.0 Å². The number of non-ortho nitro benzene ring substituents is 1. The number of halogens is 1. The van der Waals surface area contributed by atoms with Crippen LogP contribution >= 0.6 is 11.6 Å². The largest absolute Gasteiger partial charge is 0.496 e. The fraction of sp³-hybridized carbons (Fsp3) is 0.188. The number of nitro groups is 1. The number of methoxy groups -OCH3 is 1. The van der Waals surface area contributed by atoms with Gasteiger partial charge in [0.05, 0.1) is 33.2 Å². The van der Waals surface area contributed by atoms with Gasteiger partial charge >= 0.3 is 0 Å². The van der Waals surface area contributed by atoms with Gasteiger partial charge < -0.3 is 10.1 Å². The van der Waals surface area contributed by atoms with Crippen molar-refractivity contribution in [2.24, 2.45) is 0 Å². The Balaban J connectivity index is 2.44. The molecule has 9 nitrogen and oxygen atoms in total. The molecular weight excluding hydrogens is 398 g/mol. The molecule has 0 bridgehead atoms. The second-order valence-corrected chi connectivity index (χ2v) is 7.41. The molecule has 2 N–H and O–H groups in total. The van der Waals surface area contributed by atoms with E-state index in [1.807, 2.05) is 0 Å². The standard InChI is InChI=1S/C16H16ClN3O6S/c1-3-18-27(24,25)11-5-7-15(26-2)12(9-11)16(21)19-14-8-10(20(22)23)4-6-13(14)17/h4-9,18H,3H2,1-2H3,(H,19,21). The van der Waals surface area contributed by atoms with Gasteiger partial charge in [0, 0.05) is 18.7 Å². The van der Waals surface area contributed by atoms with Crippen LogP contribution < -0.4 is 14.8 Å². The monoisotopic (exact) mass is 413 g/mol.